The largest absolute Gasteiger partial charge is 0.379 e. The number of nitrogens with zero attached hydrogens (tertiary/aromatic N) is 3. The van der Waals surface area contributed by atoms with Gasteiger partial charge in [-0.05, 0) is 28.0 Å². The van der Waals surface area contributed by atoms with Crippen molar-refractivity contribution in [3.8, 4) is 0 Å². The molecule has 0 fully saturated rings. The van der Waals surface area contributed by atoms with Gasteiger partial charge in [-0.2, -0.15) is 5.10 Å². The van der Waals surface area contributed by atoms with Crippen LogP contribution in [0.25, 0.3) is 0 Å². The summed E-state index contributed by atoms with van der Waals surface area (Å²) in [6, 6.07) is 7.41. The van der Waals surface area contributed by atoms with Crippen molar-refractivity contribution < 1.29 is 9.42 Å². The van der Waals surface area contributed by atoms with Crippen LogP contribution in [0.5, 0.6) is 0 Å². The van der Waals surface area contributed by atoms with Gasteiger partial charge >= 0.3 is 0 Å². The van der Waals surface area contributed by atoms with E-state index in [9.17, 15) is 4.79 Å². The fourth-order valence-corrected chi connectivity index (χ4v) is 1.38. The van der Waals surface area contributed by atoms with Gasteiger partial charge in [0.1, 0.15) is 0 Å². The number of rotatable bonds is 3. The molecule has 0 saturated carbocycles. The highest BCUT2D eigenvalue weighted by molar-refractivity contribution is 9.10. The minimum absolute atomic E-state index is 0.0775. The van der Waals surface area contributed by atoms with Crippen LogP contribution in [-0.2, 0) is 0 Å². The van der Waals surface area contributed by atoms with Gasteiger partial charge < -0.3 is 5.73 Å². The highest BCUT2D eigenvalue weighted by Gasteiger charge is 2.14. The number of aromatic nitrogens is 2. The molecule has 0 bridgehead atoms. The van der Waals surface area contributed by atoms with Crippen molar-refractivity contribution in [2.24, 2.45) is 5.10 Å². The molecule has 1 aromatic carbocycles. The Kier molecular flexibility index (Phi) is 3.68. The fraction of sp³-hybridized carbons (Fsp3) is 0. The number of nitrogens with two attached hydrogens (primary N) is 1. The summed E-state index contributed by atoms with van der Waals surface area (Å²) in [6.45, 7) is 0. The van der Waals surface area contributed by atoms with E-state index < -0.39 is 5.91 Å². The molecule has 7 nitrogen and oxygen atoms in total. The van der Waals surface area contributed by atoms with E-state index in [-0.39, 0.29) is 11.5 Å². The van der Waals surface area contributed by atoms with Crippen molar-refractivity contribution in [2.45, 2.75) is 0 Å². The Labute approximate surface area is 110 Å². The van der Waals surface area contributed by atoms with Gasteiger partial charge in [0.25, 0.3) is 5.91 Å². The third-order valence-corrected chi connectivity index (χ3v) is 2.51. The number of anilines is 1. The SMILES string of the molecule is Nc1nonc1C(=O)NN=Cc1ccc(Br)cc1. The Hall–Kier alpha value is -2.22. The Morgan fingerprint density at radius 1 is 1.39 bits per heavy atom. The minimum atomic E-state index is -0.581. The van der Waals surface area contributed by atoms with E-state index in [0.29, 0.717) is 0 Å². The zero-order valence-corrected chi connectivity index (χ0v) is 10.6. The van der Waals surface area contributed by atoms with Crippen molar-refractivity contribution >= 4 is 33.9 Å². The second-order valence-corrected chi connectivity index (χ2v) is 4.16. The molecule has 2 aromatic rings. The highest BCUT2D eigenvalue weighted by atomic mass is 79.9. The molecule has 3 N–H and O–H groups in total. The minimum Gasteiger partial charge on any atom is -0.379 e. The molecule has 1 heterocycles. The molecule has 1 aromatic heterocycles. The third-order valence-electron chi connectivity index (χ3n) is 1.98. The molecule has 0 unspecified atom stereocenters. The van der Waals surface area contributed by atoms with Crippen LogP contribution < -0.4 is 11.2 Å². The predicted molar refractivity (Wildman–Crippen MR) is 67.9 cm³/mol. The summed E-state index contributed by atoms with van der Waals surface area (Å²) in [7, 11) is 0. The molecule has 1 amide bonds. The van der Waals surface area contributed by atoms with Crippen LogP contribution in [0.1, 0.15) is 16.1 Å². The molecule has 0 aliphatic rings. The maximum Gasteiger partial charge on any atom is 0.297 e. The summed E-state index contributed by atoms with van der Waals surface area (Å²) < 4.78 is 5.26. The summed E-state index contributed by atoms with van der Waals surface area (Å²) in [5.41, 5.74) is 8.36. The molecule has 0 atom stereocenters. The smallest absolute Gasteiger partial charge is 0.297 e. The van der Waals surface area contributed by atoms with Crippen molar-refractivity contribution in [1.29, 1.82) is 0 Å². The summed E-state index contributed by atoms with van der Waals surface area (Å²) in [5, 5.41) is 10.4. The summed E-state index contributed by atoms with van der Waals surface area (Å²) in [4.78, 5) is 11.5. The first-order chi connectivity index (χ1) is 8.66. The molecule has 0 aliphatic heterocycles. The van der Waals surface area contributed by atoms with Crippen LogP contribution in [0.3, 0.4) is 0 Å². The maximum absolute atomic E-state index is 11.5. The van der Waals surface area contributed by atoms with Crippen molar-refractivity contribution in [3.63, 3.8) is 0 Å². The predicted octanol–water partition coefficient (Wildman–Crippen LogP) is 1.18. The first-order valence-electron chi connectivity index (χ1n) is 4.84. The van der Waals surface area contributed by atoms with Gasteiger partial charge in [0.05, 0.1) is 6.21 Å². The molecule has 0 spiro atoms. The lowest BCUT2D eigenvalue weighted by Crippen LogP contribution is -2.19. The van der Waals surface area contributed by atoms with E-state index in [0.717, 1.165) is 10.0 Å². The molecule has 8 heteroatoms. The van der Waals surface area contributed by atoms with Crippen LogP contribution >= 0.6 is 15.9 Å². The van der Waals surface area contributed by atoms with Gasteiger partial charge in [-0.25, -0.2) is 10.1 Å². The van der Waals surface area contributed by atoms with E-state index in [2.05, 4.69) is 41.4 Å². The standard InChI is InChI=1S/C10H8BrN5O2/c11-7-3-1-6(2-4-7)5-13-14-10(17)8-9(12)16-18-15-8/h1-5H,(H2,12,16)(H,14,17). The van der Waals surface area contributed by atoms with Crippen LogP contribution in [0, 0.1) is 0 Å². The van der Waals surface area contributed by atoms with Crippen LogP contribution in [-0.4, -0.2) is 22.4 Å². The van der Waals surface area contributed by atoms with Crippen molar-refractivity contribution in [2.75, 3.05) is 5.73 Å². The molecule has 0 saturated heterocycles. The van der Waals surface area contributed by atoms with Crippen LogP contribution in [0.4, 0.5) is 5.82 Å². The quantitative estimate of drug-likeness (QED) is 0.654. The van der Waals surface area contributed by atoms with E-state index in [1.54, 1.807) is 0 Å². The summed E-state index contributed by atoms with van der Waals surface area (Å²) in [6.07, 6.45) is 1.49. The normalized spacial score (nSPS) is 10.7. The van der Waals surface area contributed by atoms with E-state index in [1.807, 2.05) is 24.3 Å². The first-order valence-corrected chi connectivity index (χ1v) is 5.63. The van der Waals surface area contributed by atoms with E-state index in [1.165, 1.54) is 6.21 Å². The lowest BCUT2D eigenvalue weighted by atomic mass is 10.2. The average Bonchev–Trinajstić information content (AvgIpc) is 2.78. The number of hydrogen-bond acceptors (Lipinski definition) is 6. The Bertz CT molecular complexity index is 578. The molecular formula is C10H8BrN5O2. The zero-order valence-electron chi connectivity index (χ0n) is 9.00. The Morgan fingerprint density at radius 3 is 2.72 bits per heavy atom. The van der Waals surface area contributed by atoms with Crippen LogP contribution in [0.2, 0.25) is 0 Å². The Balaban J connectivity index is 1.98. The topological polar surface area (TPSA) is 106 Å². The van der Waals surface area contributed by atoms with Gasteiger partial charge in [0, 0.05) is 4.47 Å². The number of carbonyl (C=O) groups is 1. The average molecular weight is 310 g/mol. The zero-order chi connectivity index (χ0) is 13.0. The molecule has 0 radical (unpaired) electrons. The van der Waals surface area contributed by atoms with Gasteiger partial charge in [-0.15, -0.1) is 0 Å². The third kappa shape index (κ3) is 2.92. The van der Waals surface area contributed by atoms with E-state index >= 15 is 0 Å². The second-order valence-electron chi connectivity index (χ2n) is 3.25. The number of halogens is 1. The molecule has 92 valence electrons. The summed E-state index contributed by atoms with van der Waals surface area (Å²) in [5.74, 6) is -0.659. The number of nitrogens with one attached hydrogen (secondary N) is 1. The second kappa shape index (κ2) is 5.41. The van der Waals surface area contributed by atoms with Crippen molar-refractivity contribution in [1.82, 2.24) is 15.7 Å². The van der Waals surface area contributed by atoms with Gasteiger partial charge in [0.2, 0.25) is 11.5 Å². The maximum atomic E-state index is 11.5. The molecular weight excluding hydrogens is 302 g/mol. The lowest BCUT2D eigenvalue weighted by Gasteiger charge is -1.95. The van der Waals surface area contributed by atoms with Gasteiger partial charge in [0.15, 0.2) is 0 Å². The highest BCUT2D eigenvalue weighted by Crippen LogP contribution is 2.09. The number of hydrazone groups is 1. The van der Waals surface area contributed by atoms with Gasteiger partial charge in [-0.3, -0.25) is 4.79 Å². The molecule has 0 aliphatic carbocycles. The van der Waals surface area contributed by atoms with E-state index in [4.69, 9.17) is 5.73 Å². The molecule has 18 heavy (non-hydrogen) atoms. The number of carbonyl (C=O) groups excluding carboxylic acids is 1. The lowest BCUT2D eigenvalue weighted by molar-refractivity contribution is 0.0946. The number of benzene rings is 1. The fourth-order valence-electron chi connectivity index (χ4n) is 1.12. The first kappa shape index (κ1) is 12.2. The summed E-state index contributed by atoms with van der Waals surface area (Å²) >= 11 is 3.32. The number of hydrogen-bond donors (Lipinski definition) is 2. The Morgan fingerprint density at radius 2 is 2.11 bits per heavy atom. The molecule has 2 rings (SSSR count). The van der Waals surface area contributed by atoms with Crippen LogP contribution in [0.15, 0.2) is 38.5 Å². The number of amides is 1. The van der Waals surface area contributed by atoms with Crippen molar-refractivity contribution in [3.05, 3.63) is 40.0 Å². The monoisotopic (exact) mass is 309 g/mol. The number of nitrogen functional groups attached to an aromatic ring is 1. The van der Waals surface area contributed by atoms with Gasteiger partial charge in [-0.1, -0.05) is 28.1 Å².